The molecule has 0 bridgehead atoms. The third-order valence-corrected chi connectivity index (χ3v) is 4.08. The molecule has 2 unspecified atom stereocenters. The van der Waals surface area contributed by atoms with Gasteiger partial charge < -0.3 is 10.2 Å². The Morgan fingerprint density at radius 1 is 1.35 bits per heavy atom. The number of hydrogen-bond donors (Lipinski definition) is 1. The molecule has 2 rings (SSSR count). The van der Waals surface area contributed by atoms with E-state index in [1.54, 1.807) is 0 Å². The Morgan fingerprint density at radius 2 is 2.05 bits per heavy atom. The van der Waals surface area contributed by atoms with Gasteiger partial charge in [0.05, 0.1) is 5.02 Å². The molecule has 0 saturated carbocycles. The van der Waals surface area contributed by atoms with Crippen LogP contribution in [0.3, 0.4) is 0 Å². The summed E-state index contributed by atoms with van der Waals surface area (Å²) in [6.07, 6.45) is 4.39. The molecule has 1 aliphatic heterocycles. The lowest BCUT2D eigenvalue weighted by Gasteiger charge is -2.36. The molecule has 112 valence electrons. The second kappa shape index (κ2) is 7.28. The van der Waals surface area contributed by atoms with Gasteiger partial charge in [-0.05, 0) is 42.9 Å². The van der Waals surface area contributed by atoms with E-state index in [1.165, 1.54) is 6.42 Å². The topological polar surface area (TPSA) is 28.2 Å². The van der Waals surface area contributed by atoms with Crippen molar-refractivity contribution in [2.45, 2.75) is 40.2 Å². The minimum Gasteiger partial charge on any atom is -0.355 e. The van der Waals surface area contributed by atoms with Gasteiger partial charge in [0.25, 0.3) is 0 Å². The fraction of sp³-hybridized carbons (Fsp3) is 0.688. The highest BCUT2D eigenvalue weighted by Gasteiger charge is 2.24. The van der Waals surface area contributed by atoms with Crippen LogP contribution in [0.1, 0.15) is 39.2 Å². The highest BCUT2D eigenvalue weighted by atomic mass is 35.5. The van der Waals surface area contributed by atoms with Crippen molar-refractivity contribution in [3.8, 4) is 0 Å². The standard InChI is InChI=1S/C16H26ClN3/c1-4-5-18-8-14-7-15(17)16(19-9-14)20-10-12(2)6-13(3)11-20/h7,9,12-13,18H,4-6,8,10-11H2,1-3H3. The summed E-state index contributed by atoms with van der Waals surface area (Å²) < 4.78 is 0. The van der Waals surface area contributed by atoms with Crippen molar-refractivity contribution >= 4 is 17.4 Å². The molecule has 0 spiro atoms. The van der Waals surface area contributed by atoms with E-state index in [9.17, 15) is 0 Å². The van der Waals surface area contributed by atoms with Gasteiger partial charge in [-0.15, -0.1) is 0 Å². The van der Waals surface area contributed by atoms with E-state index in [0.29, 0.717) is 11.8 Å². The highest BCUT2D eigenvalue weighted by Crippen LogP contribution is 2.30. The molecule has 0 radical (unpaired) electrons. The van der Waals surface area contributed by atoms with E-state index in [2.05, 4.69) is 42.0 Å². The molecule has 1 aliphatic rings. The number of nitrogens with one attached hydrogen (secondary N) is 1. The van der Waals surface area contributed by atoms with Crippen LogP contribution in [-0.4, -0.2) is 24.6 Å². The number of hydrogen-bond acceptors (Lipinski definition) is 3. The van der Waals surface area contributed by atoms with E-state index in [-0.39, 0.29) is 0 Å². The van der Waals surface area contributed by atoms with Crippen LogP contribution in [0.15, 0.2) is 12.3 Å². The van der Waals surface area contributed by atoms with Crippen LogP contribution in [0.4, 0.5) is 5.82 Å². The van der Waals surface area contributed by atoms with Crippen molar-refractivity contribution in [3.05, 3.63) is 22.8 Å². The first-order chi connectivity index (χ1) is 9.60. The van der Waals surface area contributed by atoms with Crippen LogP contribution in [-0.2, 0) is 6.54 Å². The molecule has 0 aliphatic carbocycles. The zero-order chi connectivity index (χ0) is 14.5. The third kappa shape index (κ3) is 4.10. The van der Waals surface area contributed by atoms with Gasteiger partial charge >= 0.3 is 0 Å². The Morgan fingerprint density at radius 3 is 2.65 bits per heavy atom. The van der Waals surface area contributed by atoms with E-state index in [0.717, 1.165) is 49.0 Å². The van der Waals surface area contributed by atoms with Gasteiger partial charge in [-0.2, -0.15) is 0 Å². The average molecular weight is 296 g/mol. The van der Waals surface area contributed by atoms with Crippen LogP contribution in [0.2, 0.25) is 5.02 Å². The molecular weight excluding hydrogens is 270 g/mol. The lowest BCUT2D eigenvalue weighted by Crippen LogP contribution is -2.39. The molecule has 1 aromatic heterocycles. The smallest absolute Gasteiger partial charge is 0.147 e. The number of aromatic nitrogens is 1. The molecule has 0 aromatic carbocycles. The van der Waals surface area contributed by atoms with E-state index >= 15 is 0 Å². The maximum atomic E-state index is 6.44. The van der Waals surface area contributed by atoms with Gasteiger partial charge in [-0.1, -0.05) is 32.4 Å². The summed E-state index contributed by atoms with van der Waals surface area (Å²) in [5.41, 5.74) is 1.16. The van der Waals surface area contributed by atoms with Crippen molar-refractivity contribution in [2.24, 2.45) is 11.8 Å². The van der Waals surface area contributed by atoms with Crippen molar-refractivity contribution < 1.29 is 0 Å². The molecule has 2 heterocycles. The Labute approximate surface area is 127 Å². The number of halogens is 1. The number of anilines is 1. The second-order valence-electron chi connectivity index (χ2n) is 6.18. The molecule has 2 atom stereocenters. The number of pyridine rings is 1. The van der Waals surface area contributed by atoms with Crippen LogP contribution in [0.5, 0.6) is 0 Å². The SMILES string of the molecule is CCCNCc1cnc(N2CC(C)CC(C)C2)c(Cl)c1. The quantitative estimate of drug-likeness (QED) is 0.839. The van der Waals surface area contributed by atoms with Crippen molar-refractivity contribution in [3.63, 3.8) is 0 Å². The van der Waals surface area contributed by atoms with Gasteiger partial charge in [-0.3, -0.25) is 0 Å². The Bertz CT molecular complexity index is 426. The summed E-state index contributed by atoms with van der Waals surface area (Å²) in [5.74, 6) is 2.37. The van der Waals surface area contributed by atoms with E-state index in [1.807, 2.05) is 6.20 Å². The summed E-state index contributed by atoms with van der Waals surface area (Å²) >= 11 is 6.44. The summed E-state index contributed by atoms with van der Waals surface area (Å²) in [4.78, 5) is 6.94. The summed E-state index contributed by atoms with van der Waals surface area (Å²) in [7, 11) is 0. The molecule has 3 nitrogen and oxygen atoms in total. The van der Waals surface area contributed by atoms with Crippen molar-refractivity contribution in [2.75, 3.05) is 24.5 Å². The fourth-order valence-corrected chi connectivity index (χ4v) is 3.35. The Kier molecular flexibility index (Phi) is 5.67. The Balaban J connectivity index is 2.05. The minimum absolute atomic E-state index is 0.711. The molecule has 20 heavy (non-hydrogen) atoms. The van der Waals surface area contributed by atoms with Crippen LogP contribution in [0, 0.1) is 11.8 Å². The van der Waals surface area contributed by atoms with Gasteiger partial charge in [0.15, 0.2) is 0 Å². The molecule has 1 N–H and O–H groups in total. The highest BCUT2D eigenvalue weighted by molar-refractivity contribution is 6.33. The average Bonchev–Trinajstić information content (AvgIpc) is 2.38. The summed E-state index contributed by atoms with van der Waals surface area (Å²) in [6.45, 7) is 10.8. The van der Waals surface area contributed by atoms with Gasteiger partial charge in [0, 0.05) is 25.8 Å². The summed E-state index contributed by atoms with van der Waals surface area (Å²) in [6, 6.07) is 2.05. The zero-order valence-corrected chi connectivity index (χ0v) is 13.6. The molecule has 4 heteroatoms. The predicted molar refractivity (Wildman–Crippen MR) is 86.4 cm³/mol. The maximum Gasteiger partial charge on any atom is 0.147 e. The van der Waals surface area contributed by atoms with Gasteiger partial charge in [0.2, 0.25) is 0 Å². The predicted octanol–water partition coefficient (Wildman–Crippen LogP) is 3.72. The lowest BCUT2D eigenvalue weighted by molar-refractivity contribution is 0.355. The molecule has 0 amide bonds. The van der Waals surface area contributed by atoms with Crippen LogP contribution in [0.25, 0.3) is 0 Å². The molecule has 1 saturated heterocycles. The zero-order valence-electron chi connectivity index (χ0n) is 12.8. The largest absolute Gasteiger partial charge is 0.355 e. The van der Waals surface area contributed by atoms with E-state index in [4.69, 9.17) is 11.6 Å². The van der Waals surface area contributed by atoms with Crippen molar-refractivity contribution in [1.29, 1.82) is 0 Å². The number of nitrogens with zero attached hydrogens (tertiary/aromatic N) is 2. The normalized spacial score (nSPS) is 23.1. The lowest BCUT2D eigenvalue weighted by atomic mass is 9.92. The minimum atomic E-state index is 0.711. The van der Waals surface area contributed by atoms with Crippen LogP contribution >= 0.6 is 11.6 Å². The first kappa shape index (κ1) is 15.6. The van der Waals surface area contributed by atoms with E-state index < -0.39 is 0 Å². The maximum absolute atomic E-state index is 6.44. The van der Waals surface area contributed by atoms with Crippen molar-refractivity contribution in [1.82, 2.24) is 10.3 Å². The van der Waals surface area contributed by atoms with Gasteiger partial charge in [0.1, 0.15) is 5.82 Å². The first-order valence-corrected chi connectivity index (χ1v) is 8.08. The molecular formula is C16H26ClN3. The number of piperidine rings is 1. The first-order valence-electron chi connectivity index (χ1n) is 7.70. The molecule has 1 aromatic rings. The third-order valence-electron chi connectivity index (χ3n) is 3.80. The summed E-state index contributed by atoms with van der Waals surface area (Å²) in [5, 5.41) is 4.16. The molecule has 1 fully saturated rings. The monoisotopic (exact) mass is 295 g/mol. The number of rotatable bonds is 5. The van der Waals surface area contributed by atoms with Crippen LogP contribution < -0.4 is 10.2 Å². The second-order valence-corrected chi connectivity index (χ2v) is 6.58. The Hall–Kier alpha value is -0.800. The fourth-order valence-electron chi connectivity index (χ4n) is 3.05. The van der Waals surface area contributed by atoms with Gasteiger partial charge in [-0.25, -0.2) is 4.98 Å².